The summed E-state index contributed by atoms with van der Waals surface area (Å²) in [6.07, 6.45) is -21.5. The molecule has 0 aromatic heterocycles. The van der Waals surface area contributed by atoms with Crippen molar-refractivity contribution < 1.29 is 105 Å². The van der Waals surface area contributed by atoms with Crippen LogP contribution in [0.3, 0.4) is 0 Å². The summed E-state index contributed by atoms with van der Waals surface area (Å²) in [5, 5.41) is 0. The van der Waals surface area contributed by atoms with Crippen LogP contribution >= 0.6 is 0 Å². The van der Waals surface area contributed by atoms with E-state index in [0.29, 0.717) is 0 Å². The van der Waals surface area contributed by atoms with E-state index in [1.807, 2.05) is 0 Å². The molecule has 4 aromatic carbocycles. The molecule has 3 aliphatic rings. The van der Waals surface area contributed by atoms with Crippen molar-refractivity contribution in [2.45, 2.75) is 121 Å². The minimum absolute atomic E-state index is 0.0603. The van der Waals surface area contributed by atoms with Crippen LogP contribution < -0.4 is 0 Å². The zero-order valence-electron chi connectivity index (χ0n) is 43.0. The van der Waals surface area contributed by atoms with E-state index in [2.05, 4.69) is 6.58 Å². The van der Waals surface area contributed by atoms with Gasteiger partial charge in [0, 0.05) is 27.7 Å². The Kier molecular flexibility index (Phi) is 20.4. The van der Waals surface area contributed by atoms with Crippen molar-refractivity contribution >= 4 is 47.8 Å². The molecule has 7 rings (SSSR count). The summed E-state index contributed by atoms with van der Waals surface area (Å²) in [6, 6.07) is 31.4. The quantitative estimate of drug-likeness (QED) is 0.0600. The van der Waals surface area contributed by atoms with Gasteiger partial charge in [-0.3, -0.25) is 19.2 Å². The summed E-state index contributed by atoms with van der Waals surface area (Å²) in [7, 11) is 0. The summed E-state index contributed by atoms with van der Waals surface area (Å²) in [5.74, 6) is -7.10. The summed E-state index contributed by atoms with van der Waals surface area (Å²) in [6.45, 7) is 8.04. The third-order valence-electron chi connectivity index (χ3n) is 12.0. The molecule has 14 atom stereocenters. The first-order valence-electron chi connectivity index (χ1n) is 24.7. The van der Waals surface area contributed by atoms with Crippen LogP contribution in [0.15, 0.2) is 134 Å². The van der Waals surface area contributed by atoms with Crippen molar-refractivity contribution in [3.8, 4) is 0 Å². The lowest BCUT2D eigenvalue weighted by Gasteiger charge is -2.49. The first kappa shape index (κ1) is 57.8. The number of benzene rings is 4. The lowest BCUT2D eigenvalue weighted by molar-refractivity contribution is -0.370. The second kappa shape index (κ2) is 27.5. The van der Waals surface area contributed by atoms with Crippen molar-refractivity contribution in [3.63, 3.8) is 0 Å². The highest BCUT2D eigenvalue weighted by Crippen LogP contribution is 2.39. The summed E-state index contributed by atoms with van der Waals surface area (Å²) in [5.41, 5.74) is 0.395. The van der Waals surface area contributed by atoms with Crippen LogP contribution in [-0.4, -0.2) is 154 Å². The van der Waals surface area contributed by atoms with Gasteiger partial charge in [0.15, 0.2) is 55.5 Å². The standard InChI is InChI=1S/C56H58O22/c1-7-28-65-54-48(76-53(64)39-26-18-11-19-27-39)45(78-56-49(71-35(6)60)46(70-34(5)59)43(69-33(4)58)40(72-56)29-66-32(3)57)42(31(2)68-54)77-55-47(75-52(63)38-24-16-10-17-25-38)44(74-51(62)37-22-14-9-15-23-37)41(73-55)30-67-50(61)36-20-12-8-13-21-36/h7-27,31,40-49,54-56H,1,28-30H2,2-6H3/t31-,40+,41-,42-,43+,44-,45+,46-,47+,48+,49+,54+,55-,56-/m0/s1. The summed E-state index contributed by atoms with van der Waals surface area (Å²) in [4.78, 5) is 106. The molecule has 22 nitrogen and oxygen atoms in total. The van der Waals surface area contributed by atoms with Gasteiger partial charge in [0.25, 0.3) is 0 Å². The first-order chi connectivity index (χ1) is 37.5. The van der Waals surface area contributed by atoms with Crippen LogP contribution in [0.5, 0.6) is 0 Å². The van der Waals surface area contributed by atoms with E-state index in [1.165, 1.54) is 61.5 Å². The van der Waals surface area contributed by atoms with Crippen LogP contribution in [0.25, 0.3) is 0 Å². The van der Waals surface area contributed by atoms with Crippen LogP contribution in [-0.2, 0) is 85.5 Å². The number of ether oxygens (including phenoxy) is 14. The molecule has 3 fully saturated rings. The van der Waals surface area contributed by atoms with E-state index in [1.54, 1.807) is 72.8 Å². The van der Waals surface area contributed by atoms with E-state index in [4.69, 9.17) is 66.3 Å². The lowest BCUT2D eigenvalue weighted by atomic mass is 9.96. The second-order valence-electron chi connectivity index (χ2n) is 17.8. The van der Waals surface area contributed by atoms with Crippen LogP contribution in [0.2, 0.25) is 0 Å². The van der Waals surface area contributed by atoms with Gasteiger partial charge in [0.1, 0.15) is 37.6 Å². The fraction of sp³-hybridized carbons (Fsp3) is 0.393. The Bertz CT molecular complexity index is 2710. The van der Waals surface area contributed by atoms with E-state index < -0.39 is 147 Å². The molecule has 0 amide bonds. The third kappa shape index (κ3) is 15.2. The molecule has 0 bridgehead atoms. The number of hydrogen-bond acceptors (Lipinski definition) is 22. The largest absolute Gasteiger partial charge is 0.463 e. The molecule has 0 spiro atoms. The Morgan fingerprint density at radius 3 is 1.21 bits per heavy atom. The minimum atomic E-state index is -1.93. The van der Waals surface area contributed by atoms with Gasteiger partial charge in [-0.15, -0.1) is 6.58 Å². The molecule has 3 saturated heterocycles. The molecule has 414 valence electrons. The van der Waals surface area contributed by atoms with Gasteiger partial charge in [-0.1, -0.05) is 78.9 Å². The Labute approximate surface area is 447 Å². The molecule has 0 aliphatic carbocycles. The molecule has 3 aliphatic heterocycles. The highest BCUT2D eigenvalue weighted by Gasteiger charge is 2.59. The monoisotopic (exact) mass is 1080 g/mol. The van der Waals surface area contributed by atoms with Crippen molar-refractivity contribution in [3.05, 3.63) is 156 Å². The molecular formula is C56H58O22. The summed E-state index contributed by atoms with van der Waals surface area (Å²) >= 11 is 0. The zero-order valence-corrected chi connectivity index (χ0v) is 43.0. The number of hydrogen-bond donors (Lipinski definition) is 0. The molecule has 4 aromatic rings. The molecule has 0 N–H and O–H groups in total. The smallest absolute Gasteiger partial charge is 0.338 e. The van der Waals surface area contributed by atoms with Crippen molar-refractivity contribution in [2.24, 2.45) is 0 Å². The van der Waals surface area contributed by atoms with Gasteiger partial charge in [-0.2, -0.15) is 0 Å². The third-order valence-corrected chi connectivity index (χ3v) is 12.0. The molecule has 78 heavy (non-hydrogen) atoms. The van der Waals surface area contributed by atoms with Crippen molar-refractivity contribution in [1.82, 2.24) is 0 Å². The van der Waals surface area contributed by atoms with Gasteiger partial charge in [0.2, 0.25) is 0 Å². The predicted octanol–water partition coefficient (Wildman–Crippen LogP) is 5.05. The molecule has 22 heteroatoms. The maximum Gasteiger partial charge on any atom is 0.338 e. The average molecular weight is 1080 g/mol. The molecule has 0 radical (unpaired) electrons. The number of esters is 8. The summed E-state index contributed by atoms with van der Waals surface area (Å²) < 4.78 is 85.5. The number of carbonyl (C=O) groups is 8. The van der Waals surface area contributed by atoms with E-state index in [0.717, 1.165) is 27.7 Å². The van der Waals surface area contributed by atoms with E-state index in [9.17, 15) is 38.4 Å². The molecule has 0 saturated carbocycles. The van der Waals surface area contributed by atoms with Gasteiger partial charge in [-0.25, -0.2) is 19.2 Å². The van der Waals surface area contributed by atoms with Gasteiger partial charge >= 0.3 is 47.8 Å². The Hall–Kier alpha value is -7.86. The number of rotatable bonds is 21. The highest BCUT2D eigenvalue weighted by atomic mass is 16.8. The Balaban J connectivity index is 1.35. The molecular weight excluding hydrogens is 1020 g/mol. The Morgan fingerprint density at radius 1 is 0.410 bits per heavy atom. The minimum Gasteiger partial charge on any atom is -0.463 e. The molecule has 3 heterocycles. The number of carbonyl (C=O) groups excluding carboxylic acids is 8. The topological polar surface area (TPSA) is 266 Å². The highest BCUT2D eigenvalue weighted by molar-refractivity contribution is 5.91. The average Bonchev–Trinajstić information content (AvgIpc) is 3.86. The van der Waals surface area contributed by atoms with Crippen molar-refractivity contribution in [1.29, 1.82) is 0 Å². The van der Waals surface area contributed by atoms with E-state index in [-0.39, 0.29) is 28.9 Å². The van der Waals surface area contributed by atoms with Gasteiger partial charge < -0.3 is 66.3 Å². The van der Waals surface area contributed by atoms with Crippen molar-refractivity contribution in [2.75, 3.05) is 19.8 Å². The maximum atomic E-state index is 14.2. The predicted molar refractivity (Wildman–Crippen MR) is 265 cm³/mol. The lowest BCUT2D eigenvalue weighted by Crippen LogP contribution is -2.67. The van der Waals surface area contributed by atoms with Crippen LogP contribution in [0.4, 0.5) is 0 Å². The van der Waals surface area contributed by atoms with E-state index >= 15 is 0 Å². The van der Waals surface area contributed by atoms with Crippen LogP contribution in [0, 0.1) is 0 Å². The van der Waals surface area contributed by atoms with Gasteiger partial charge in [0.05, 0.1) is 35.0 Å². The second-order valence-corrected chi connectivity index (χ2v) is 17.8. The zero-order chi connectivity index (χ0) is 55.9. The maximum absolute atomic E-state index is 14.2. The SMILES string of the molecule is C=CCO[C@@H]1O[C@@H](C)[C@H](O[C@@H]2O[C@@H](COC(=O)c3ccccc3)[C@H](OC(=O)c3ccccc3)[C@H]2OC(=O)c2ccccc2)[C@@H](O[C@@H]2O[C@H](COC(C)=O)[C@@H](OC(C)=O)[C@H](OC(C)=O)[C@H]2OC(C)=O)[C@H]1OC(=O)c1ccccc1. The van der Waals surface area contributed by atoms with Gasteiger partial charge in [-0.05, 0) is 55.5 Å². The van der Waals surface area contributed by atoms with Crippen LogP contribution in [0.1, 0.15) is 76.1 Å². The fourth-order valence-electron chi connectivity index (χ4n) is 8.66. The normalized spacial score (nSPS) is 27.4. The Morgan fingerprint density at radius 2 is 0.769 bits per heavy atom. The fourth-order valence-corrected chi connectivity index (χ4v) is 8.66. The first-order valence-corrected chi connectivity index (χ1v) is 24.7. The molecule has 0 unspecified atom stereocenters.